The van der Waals surface area contributed by atoms with Crippen molar-refractivity contribution in [1.82, 2.24) is 9.78 Å². The van der Waals surface area contributed by atoms with E-state index < -0.39 is 18.5 Å². The Morgan fingerprint density at radius 3 is 2.47 bits per heavy atom. The first kappa shape index (κ1) is 20.8. The lowest BCUT2D eigenvalue weighted by atomic mass is 10.1. The van der Waals surface area contributed by atoms with Gasteiger partial charge < -0.3 is 19.5 Å². The number of amides is 1. The number of hydrogen-bond donors (Lipinski definition) is 1. The minimum absolute atomic E-state index is 0.0289. The van der Waals surface area contributed by atoms with Crippen molar-refractivity contribution in [3.63, 3.8) is 0 Å². The maximum atomic E-state index is 12.6. The molecular weight excluding hydrogens is 390 g/mol. The highest BCUT2D eigenvalue weighted by molar-refractivity contribution is 6.03. The number of aryl methyl sites for hydroxylation is 1. The fourth-order valence-electron chi connectivity index (χ4n) is 2.90. The van der Waals surface area contributed by atoms with Gasteiger partial charge in [0.1, 0.15) is 11.5 Å². The van der Waals surface area contributed by atoms with Gasteiger partial charge in [0.05, 0.1) is 25.3 Å². The third kappa shape index (κ3) is 4.24. The predicted molar refractivity (Wildman–Crippen MR) is 110 cm³/mol. The average molecular weight is 411 g/mol. The zero-order chi connectivity index (χ0) is 21.7. The van der Waals surface area contributed by atoms with Crippen molar-refractivity contribution in [2.24, 2.45) is 0 Å². The monoisotopic (exact) mass is 411 g/mol. The Balaban J connectivity index is 1.77. The molecule has 9 nitrogen and oxygen atoms in total. The number of methoxy groups -OCH3 is 2. The molecular formula is C21H21N3O6. The number of rotatable bonds is 7. The van der Waals surface area contributed by atoms with Crippen LogP contribution in [0.4, 0.5) is 5.69 Å². The fraction of sp³-hybridized carbons (Fsp3) is 0.238. The molecule has 9 heteroatoms. The minimum Gasteiger partial charge on any atom is -0.497 e. The molecule has 1 N–H and O–H groups in total. The van der Waals surface area contributed by atoms with Crippen LogP contribution in [-0.4, -0.2) is 42.5 Å². The predicted octanol–water partition coefficient (Wildman–Crippen LogP) is 2.23. The van der Waals surface area contributed by atoms with Crippen molar-refractivity contribution < 1.29 is 23.8 Å². The molecule has 30 heavy (non-hydrogen) atoms. The first-order valence-corrected chi connectivity index (χ1v) is 9.17. The van der Waals surface area contributed by atoms with Gasteiger partial charge >= 0.3 is 5.97 Å². The smallest absolute Gasteiger partial charge is 0.359 e. The molecule has 0 atom stereocenters. The molecule has 0 aliphatic heterocycles. The molecule has 0 aliphatic carbocycles. The second kappa shape index (κ2) is 9.08. The normalized spacial score (nSPS) is 10.5. The van der Waals surface area contributed by atoms with E-state index in [-0.39, 0.29) is 11.3 Å². The Morgan fingerprint density at radius 2 is 1.80 bits per heavy atom. The Morgan fingerprint density at radius 1 is 1.07 bits per heavy atom. The highest BCUT2D eigenvalue weighted by Crippen LogP contribution is 2.28. The third-order valence-corrected chi connectivity index (χ3v) is 4.38. The van der Waals surface area contributed by atoms with E-state index in [1.54, 1.807) is 49.4 Å². The van der Waals surface area contributed by atoms with Crippen LogP contribution in [-0.2, 0) is 16.1 Å². The van der Waals surface area contributed by atoms with Crippen molar-refractivity contribution in [3.05, 3.63) is 58.5 Å². The number of nitrogens with zero attached hydrogens (tertiary/aromatic N) is 2. The topological polar surface area (TPSA) is 109 Å². The number of benzene rings is 2. The summed E-state index contributed by atoms with van der Waals surface area (Å²) in [5.74, 6) is -0.414. The Bertz CT molecular complexity index is 1160. The Hall–Kier alpha value is -3.88. The number of fused-ring (bicyclic) bond motifs is 1. The minimum atomic E-state index is -0.804. The Labute approximate surface area is 172 Å². The van der Waals surface area contributed by atoms with Gasteiger partial charge in [-0.25, -0.2) is 9.48 Å². The van der Waals surface area contributed by atoms with E-state index in [1.165, 1.54) is 18.9 Å². The first-order chi connectivity index (χ1) is 14.5. The number of carbonyl (C=O) groups excluding carboxylic acids is 2. The molecule has 1 aromatic heterocycles. The van der Waals surface area contributed by atoms with Crippen LogP contribution >= 0.6 is 0 Å². The summed E-state index contributed by atoms with van der Waals surface area (Å²) < 4.78 is 16.7. The molecule has 1 amide bonds. The van der Waals surface area contributed by atoms with Crippen molar-refractivity contribution in [3.8, 4) is 11.5 Å². The molecule has 0 radical (unpaired) electrons. The van der Waals surface area contributed by atoms with E-state index in [9.17, 15) is 14.4 Å². The van der Waals surface area contributed by atoms with Crippen LogP contribution in [0.25, 0.3) is 10.8 Å². The second-order valence-corrected chi connectivity index (χ2v) is 6.21. The number of nitrogens with one attached hydrogen (secondary N) is 1. The maximum Gasteiger partial charge on any atom is 0.359 e. The number of hydrogen-bond acceptors (Lipinski definition) is 7. The SMILES string of the molecule is CCn1nc(C(=O)OCC(=O)Nc2cc(OC)ccc2OC)c2ccccc2c1=O. The van der Waals surface area contributed by atoms with Gasteiger partial charge in [-0.05, 0) is 25.1 Å². The van der Waals surface area contributed by atoms with Gasteiger partial charge in [-0.2, -0.15) is 5.10 Å². The van der Waals surface area contributed by atoms with Crippen LogP contribution in [0.15, 0.2) is 47.3 Å². The first-order valence-electron chi connectivity index (χ1n) is 9.17. The largest absolute Gasteiger partial charge is 0.497 e. The maximum absolute atomic E-state index is 12.6. The van der Waals surface area contributed by atoms with Crippen molar-refractivity contribution in [2.45, 2.75) is 13.5 Å². The summed E-state index contributed by atoms with van der Waals surface area (Å²) in [6.07, 6.45) is 0. The van der Waals surface area contributed by atoms with Gasteiger partial charge in [-0.15, -0.1) is 0 Å². The van der Waals surface area contributed by atoms with Crippen LogP contribution in [0.5, 0.6) is 11.5 Å². The van der Waals surface area contributed by atoms with Gasteiger partial charge in [0, 0.05) is 18.0 Å². The van der Waals surface area contributed by atoms with Crippen LogP contribution < -0.4 is 20.3 Å². The average Bonchev–Trinajstić information content (AvgIpc) is 2.77. The summed E-state index contributed by atoms with van der Waals surface area (Å²) in [6, 6.07) is 11.5. The van der Waals surface area contributed by atoms with E-state index in [0.717, 1.165) is 0 Å². The van der Waals surface area contributed by atoms with E-state index >= 15 is 0 Å². The van der Waals surface area contributed by atoms with Crippen LogP contribution in [0, 0.1) is 0 Å². The molecule has 3 rings (SSSR count). The van der Waals surface area contributed by atoms with Gasteiger partial charge in [-0.3, -0.25) is 9.59 Å². The van der Waals surface area contributed by atoms with Gasteiger partial charge in [0.25, 0.3) is 11.5 Å². The van der Waals surface area contributed by atoms with Crippen molar-refractivity contribution in [2.75, 3.05) is 26.1 Å². The van der Waals surface area contributed by atoms with E-state index in [4.69, 9.17) is 14.2 Å². The van der Waals surface area contributed by atoms with Crippen LogP contribution in [0.3, 0.4) is 0 Å². The lowest BCUT2D eigenvalue weighted by Gasteiger charge is -2.12. The summed E-state index contributed by atoms with van der Waals surface area (Å²) >= 11 is 0. The molecule has 2 aromatic carbocycles. The van der Waals surface area contributed by atoms with E-state index in [0.29, 0.717) is 34.5 Å². The molecule has 0 bridgehead atoms. The quantitative estimate of drug-likeness (QED) is 0.594. The summed E-state index contributed by atoms with van der Waals surface area (Å²) in [4.78, 5) is 37.3. The number of ether oxygens (including phenoxy) is 3. The third-order valence-electron chi connectivity index (χ3n) is 4.38. The number of anilines is 1. The summed E-state index contributed by atoms with van der Waals surface area (Å²) in [6.45, 7) is 1.49. The fourth-order valence-corrected chi connectivity index (χ4v) is 2.90. The molecule has 3 aromatic rings. The molecule has 1 heterocycles. The zero-order valence-electron chi connectivity index (χ0n) is 16.8. The molecule has 0 saturated carbocycles. The molecule has 156 valence electrons. The standard InChI is InChI=1S/C21H21N3O6/c1-4-24-20(26)15-8-6-5-7-14(15)19(23-24)21(27)30-12-18(25)22-16-11-13(28-2)9-10-17(16)29-3/h5-11H,4,12H2,1-3H3,(H,22,25). The Kier molecular flexibility index (Phi) is 6.31. The molecule has 0 aliphatic rings. The summed E-state index contributed by atoms with van der Waals surface area (Å²) in [7, 11) is 2.97. The number of esters is 1. The summed E-state index contributed by atoms with van der Waals surface area (Å²) in [5, 5.41) is 7.43. The van der Waals surface area contributed by atoms with Crippen LogP contribution in [0.1, 0.15) is 17.4 Å². The van der Waals surface area contributed by atoms with Gasteiger partial charge in [0.15, 0.2) is 12.3 Å². The lowest BCUT2D eigenvalue weighted by Crippen LogP contribution is -2.27. The van der Waals surface area contributed by atoms with Gasteiger partial charge in [-0.1, -0.05) is 18.2 Å². The van der Waals surface area contributed by atoms with E-state index in [2.05, 4.69) is 10.4 Å². The molecule has 0 spiro atoms. The zero-order valence-corrected chi connectivity index (χ0v) is 16.8. The van der Waals surface area contributed by atoms with Gasteiger partial charge in [0.2, 0.25) is 0 Å². The van der Waals surface area contributed by atoms with Crippen LogP contribution in [0.2, 0.25) is 0 Å². The highest BCUT2D eigenvalue weighted by atomic mass is 16.5. The van der Waals surface area contributed by atoms with E-state index in [1.807, 2.05) is 0 Å². The summed E-state index contributed by atoms with van der Waals surface area (Å²) in [5.41, 5.74) is 0.0485. The number of aromatic nitrogens is 2. The number of carbonyl (C=O) groups is 2. The van der Waals surface area contributed by atoms with Crippen molar-refractivity contribution >= 4 is 28.3 Å². The molecule has 0 unspecified atom stereocenters. The molecule has 0 saturated heterocycles. The second-order valence-electron chi connectivity index (χ2n) is 6.21. The highest BCUT2D eigenvalue weighted by Gasteiger charge is 2.19. The van der Waals surface area contributed by atoms with Crippen molar-refractivity contribution in [1.29, 1.82) is 0 Å². The lowest BCUT2D eigenvalue weighted by molar-refractivity contribution is -0.119. The molecule has 0 fully saturated rings.